The summed E-state index contributed by atoms with van der Waals surface area (Å²) in [6.45, 7) is 1.90. The van der Waals surface area contributed by atoms with Crippen LogP contribution in [0, 0.1) is 11.3 Å². The fourth-order valence-electron chi connectivity index (χ4n) is 1.65. The van der Waals surface area contributed by atoms with Crippen molar-refractivity contribution in [2.24, 2.45) is 0 Å². The molecule has 1 aromatic heterocycles. The Balaban J connectivity index is 2.57. The number of nitrogens with zero attached hydrogens (tertiary/aromatic N) is 3. The van der Waals surface area contributed by atoms with Crippen LogP contribution in [0.3, 0.4) is 0 Å². The fourth-order valence-corrected chi connectivity index (χ4v) is 2.01. The maximum atomic E-state index is 11.7. The summed E-state index contributed by atoms with van der Waals surface area (Å²) in [7, 11) is 0. The van der Waals surface area contributed by atoms with Crippen LogP contribution in [-0.2, 0) is 4.74 Å². The standard InChI is InChI=1S/C13H9Cl2N3O2/c1-2-20-13(19)9-7-17-18(12(9)6-16)11-5-8(14)3-4-10(11)15/h3-5,7H,2H2,1H3. The lowest BCUT2D eigenvalue weighted by Gasteiger charge is -2.06. The first-order valence-electron chi connectivity index (χ1n) is 5.69. The Kier molecular flexibility index (Phi) is 4.28. The van der Waals surface area contributed by atoms with Crippen LogP contribution in [0.25, 0.3) is 5.69 Å². The number of hydrogen-bond acceptors (Lipinski definition) is 4. The summed E-state index contributed by atoms with van der Waals surface area (Å²) in [6.07, 6.45) is 1.27. The van der Waals surface area contributed by atoms with E-state index in [1.807, 2.05) is 6.07 Å². The van der Waals surface area contributed by atoms with Crippen molar-refractivity contribution in [1.82, 2.24) is 9.78 Å². The van der Waals surface area contributed by atoms with E-state index in [0.29, 0.717) is 15.7 Å². The number of nitriles is 1. The van der Waals surface area contributed by atoms with Gasteiger partial charge in [0.05, 0.1) is 23.5 Å². The van der Waals surface area contributed by atoms with Crippen molar-refractivity contribution < 1.29 is 9.53 Å². The molecule has 0 fully saturated rings. The molecule has 0 radical (unpaired) electrons. The molecule has 1 aromatic carbocycles. The van der Waals surface area contributed by atoms with Gasteiger partial charge in [0.1, 0.15) is 11.6 Å². The van der Waals surface area contributed by atoms with Crippen molar-refractivity contribution in [3.63, 3.8) is 0 Å². The van der Waals surface area contributed by atoms with E-state index in [9.17, 15) is 10.1 Å². The summed E-state index contributed by atoms with van der Waals surface area (Å²) in [5.41, 5.74) is 0.560. The molecule has 0 bridgehead atoms. The van der Waals surface area contributed by atoms with Gasteiger partial charge in [-0.05, 0) is 25.1 Å². The van der Waals surface area contributed by atoms with Gasteiger partial charge in [-0.15, -0.1) is 0 Å². The summed E-state index contributed by atoms with van der Waals surface area (Å²) in [5, 5.41) is 14.1. The zero-order valence-corrected chi connectivity index (χ0v) is 11.9. The van der Waals surface area contributed by atoms with E-state index in [-0.39, 0.29) is 17.9 Å². The Morgan fingerprint density at radius 1 is 1.50 bits per heavy atom. The second kappa shape index (κ2) is 5.95. The van der Waals surface area contributed by atoms with Gasteiger partial charge in [-0.3, -0.25) is 0 Å². The van der Waals surface area contributed by atoms with Crippen molar-refractivity contribution in [3.05, 3.63) is 45.7 Å². The maximum Gasteiger partial charge on any atom is 0.342 e. The number of rotatable bonds is 3. The second-order valence-electron chi connectivity index (χ2n) is 3.75. The molecular formula is C13H9Cl2N3O2. The number of hydrogen-bond donors (Lipinski definition) is 0. The van der Waals surface area contributed by atoms with E-state index >= 15 is 0 Å². The van der Waals surface area contributed by atoms with Crippen LogP contribution in [0.4, 0.5) is 0 Å². The molecule has 0 atom stereocenters. The van der Waals surface area contributed by atoms with Gasteiger partial charge in [-0.1, -0.05) is 23.2 Å². The monoisotopic (exact) mass is 309 g/mol. The van der Waals surface area contributed by atoms with Crippen molar-refractivity contribution in [1.29, 1.82) is 5.26 Å². The average molecular weight is 310 g/mol. The van der Waals surface area contributed by atoms with Crippen LogP contribution in [0.2, 0.25) is 10.0 Å². The second-order valence-corrected chi connectivity index (χ2v) is 4.59. The molecule has 0 unspecified atom stereocenters. The highest BCUT2D eigenvalue weighted by atomic mass is 35.5. The zero-order chi connectivity index (χ0) is 14.7. The molecule has 0 spiro atoms. The Morgan fingerprint density at radius 3 is 2.90 bits per heavy atom. The molecule has 5 nitrogen and oxygen atoms in total. The third-order valence-corrected chi connectivity index (χ3v) is 3.06. The predicted molar refractivity (Wildman–Crippen MR) is 74.3 cm³/mol. The highest BCUT2D eigenvalue weighted by Gasteiger charge is 2.20. The molecule has 0 saturated carbocycles. The Bertz CT molecular complexity index is 704. The smallest absolute Gasteiger partial charge is 0.342 e. The van der Waals surface area contributed by atoms with Gasteiger partial charge in [-0.2, -0.15) is 10.4 Å². The molecule has 7 heteroatoms. The lowest BCUT2D eigenvalue weighted by molar-refractivity contribution is 0.0526. The molecule has 20 heavy (non-hydrogen) atoms. The van der Waals surface area contributed by atoms with E-state index < -0.39 is 5.97 Å². The molecule has 1 heterocycles. The zero-order valence-electron chi connectivity index (χ0n) is 10.4. The molecular weight excluding hydrogens is 301 g/mol. The number of esters is 1. The van der Waals surface area contributed by atoms with Gasteiger partial charge < -0.3 is 4.74 Å². The fraction of sp³-hybridized carbons (Fsp3) is 0.154. The number of aromatic nitrogens is 2. The normalized spacial score (nSPS) is 10.1. The maximum absolute atomic E-state index is 11.7. The third kappa shape index (κ3) is 2.62. The van der Waals surface area contributed by atoms with Crippen molar-refractivity contribution in [3.8, 4) is 11.8 Å². The first-order valence-corrected chi connectivity index (χ1v) is 6.44. The van der Waals surface area contributed by atoms with Gasteiger partial charge in [0.2, 0.25) is 0 Å². The predicted octanol–water partition coefficient (Wildman–Crippen LogP) is 3.23. The summed E-state index contributed by atoms with van der Waals surface area (Å²) in [4.78, 5) is 11.7. The largest absolute Gasteiger partial charge is 0.462 e. The minimum Gasteiger partial charge on any atom is -0.462 e. The molecule has 0 aliphatic rings. The van der Waals surface area contributed by atoms with Crippen LogP contribution in [0.5, 0.6) is 0 Å². The highest BCUT2D eigenvalue weighted by molar-refractivity contribution is 6.34. The van der Waals surface area contributed by atoms with E-state index in [0.717, 1.165) is 0 Å². The minimum absolute atomic E-state index is 0.0487. The molecule has 0 aliphatic carbocycles. The first-order chi connectivity index (χ1) is 9.58. The molecule has 2 aromatic rings. The number of halogens is 2. The van der Waals surface area contributed by atoms with Gasteiger partial charge >= 0.3 is 5.97 Å². The van der Waals surface area contributed by atoms with E-state index in [1.165, 1.54) is 10.9 Å². The number of carbonyl (C=O) groups is 1. The highest BCUT2D eigenvalue weighted by Crippen LogP contribution is 2.26. The summed E-state index contributed by atoms with van der Waals surface area (Å²) >= 11 is 12.0. The Labute approximate surface area is 125 Å². The van der Waals surface area contributed by atoms with Crippen LogP contribution >= 0.6 is 23.2 Å². The SMILES string of the molecule is CCOC(=O)c1cnn(-c2cc(Cl)ccc2Cl)c1C#N. The topological polar surface area (TPSA) is 67.9 Å². The average Bonchev–Trinajstić information content (AvgIpc) is 2.85. The first kappa shape index (κ1) is 14.4. The summed E-state index contributed by atoms with van der Waals surface area (Å²) in [6, 6.07) is 6.70. The van der Waals surface area contributed by atoms with Gasteiger partial charge in [0.15, 0.2) is 5.69 Å². The lowest BCUT2D eigenvalue weighted by atomic mass is 10.2. The van der Waals surface area contributed by atoms with Gasteiger partial charge in [0.25, 0.3) is 0 Å². The van der Waals surface area contributed by atoms with Crippen LogP contribution in [0.15, 0.2) is 24.4 Å². The summed E-state index contributed by atoms with van der Waals surface area (Å²) in [5.74, 6) is -0.603. The van der Waals surface area contributed by atoms with Crippen LogP contribution < -0.4 is 0 Å². The Hall–Kier alpha value is -2.03. The van der Waals surface area contributed by atoms with E-state index in [4.69, 9.17) is 27.9 Å². The van der Waals surface area contributed by atoms with E-state index in [2.05, 4.69) is 5.10 Å². The van der Waals surface area contributed by atoms with E-state index in [1.54, 1.807) is 25.1 Å². The molecule has 0 N–H and O–H groups in total. The molecule has 0 saturated heterocycles. The van der Waals surface area contributed by atoms with Crippen molar-refractivity contribution >= 4 is 29.2 Å². The number of ether oxygens (including phenoxy) is 1. The minimum atomic E-state index is -0.603. The Morgan fingerprint density at radius 2 is 2.25 bits per heavy atom. The summed E-state index contributed by atoms with van der Waals surface area (Å²) < 4.78 is 6.14. The molecule has 0 amide bonds. The molecule has 0 aliphatic heterocycles. The van der Waals surface area contributed by atoms with Crippen molar-refractivity contribution in [2.75, 3.05) is 6.61 Å². The van der Waals surface area contributed by atoms with Crippen LogP contribution in [-0.4, -0.2) is 22.4 Å². The number of benzene rings is 1. The third-order valence-electron chi connectivity index (χ3n) is 2.51. The molecule has 102 valence electrons. The van der Waals surface area contributed by atoms with Gasteiger partial charge in [0, 0.05) is 5.02 Å². The van der Waals surface area contributed by atoms with Crippen LogP contribution in [0.1, 0.15) is 23.0 Å². The number of carbonyl (C=O) groups excluding carboxylic acids is 1. The molecule has 2 rings (SSSR count). The van der Waals surface area contributed by atoms with Gasteiger partial charge in [-0.25, -0.2) is 9.48 Å². The van der Waals surface area contributed by atoms with Crippen molar-refractivity contribution in [2.45, 2.75) is 6.92 Å². The quantitative estimate of drug-likeness (QED) is 0.816. The lowest BCUT2D eigenvalue weighted by Crippen LogP contribution is -2.07.